The molecule has 9 nitrogen and oxygen atoms in total. The zero-order valence-electron chi connectivity index (χ0n) is 16.9. The number of thiazole rings is 1. The van der Waals surface area contributed by atoms with E-state index in [1.165, 1.54) is 16.2 Å². The minimum absolute atomic E-state index is 0.0547. The Morgan fingerprint density at radius 1 is 1.38 bits per heavy atom. The van der Waals surface area contributed by atoms with Crippen molar-refractivity contribution in [2.45, 2.75) is 31.8 Å². The van der Waals surface area contributed by atoms with Crippen LogP contribution < -0.4 is 10.2 Å². The number of nitrogens with zero attached hydrogens (tertiary/aromatic N) is 7. The van der Waals surface area contributed by atoms with Crippen LogP contribution in [0.3, 0.4) is 0 Å². The molecular weight excluding hydrogens is 455 g/mol. The molecule has 4 rings (SSSR count). The molecule has 3 heterocycles. The summed E-state index contributed by atoms with van der Waals surface area (Å²) >= 11 is 7.45. The summed E-state index contributed by atoms with van der Waals surface area (Å²) in [4.78, 5) is 30.0. The molecule has 0 spiro atoms. The van der Waals surface area contributed by atoms with Crippen LogP contribution >= 0.6 is 22.9 Å². The lowest BCUT2D eigenvalue weighted by Crippen LogP contribution is -2.36. The van der Waals surface area contributed by atoms with E-state index in [4.69, 9.17) is 17.1 Å². The average Bonchev–Trinajstić information content (AvgIpc) is 3.41. The molecule has 1 amide bonds. The second-order valence-electron chi connectivity index (χ2n) is 7.18. The summed E-state index contributed by atoms with van der Waals surface area (Å²) in [6, 6.07) is 6.78. The quantitative estimate of drug-likeness (QED) is 0.281. The van der Waals surface area contributed by atoms with Crippen molar-refractivity contribution >= 4 is 40.6 Å². The molecule has 2 atom stereocenters. The molecule has 0 bridgehead atoms. The van der Waals surface area contributed by atoms with Gasteiger partial charge >= 0.3 is 0 Å². The first kappa shape index (κ1) is 21.9. The van der Waals surface area contributed by atoms with Gasteiger partial charge < -0.3 is 5.32 Å². The van der Waals surface area contributed by atoms with Gasteiger partial charge in [-0.15, -0.1) is 11.3 Å². The second kappa shape index (κ2) is 9.47. The SMILES string of the molecule is C[C@H](Nc1ncc(F)c(N2C(=O)CC[C@@H]2CN=[N+]=[N-])n1)c1cnc(-c2ccc(Cl)cc2)s1. The molecule has 1 aliphatic rings. The van der Waals surface area contributed by atoms with Crippen LogP contribution in [0.15, 0.2) is 41.8 Å². The first-order chi connectivity index (χ1) is 15.5. The maximum atomic E-state index is 14.5. The van der Waals surface area contributed by atoms with E-state index in [0.717, 1.165) is 21.6 Å². The van der Waals surface area contributed by atoms with E-state index in [0.29, 0.717) is 11.4 Å². The fourth-order valence-corrected chi connectivity index (χ4v) is 4.46. The van der Waals surface area contributed by atoms with Gasteiger partial charge in [-0.05, 0) is 31.0 Å². The molecule has 3 aromatic rings. The molecule has 1 aliphatic heterocycles. The molecular formula is C20H18ClFN8OS. The van der Waals surface area contributed by atoms with Crippen molar-refractivity contribution in [2.24, 2.45) is 5.11 Å². The number of amides is 1. The molecule has 1 fully saturated rings. The van der Waals surface area contributed by atoms with E-state index in [1.807, 2.05) is 31.2 Å². The van der Waals surface area contributed by atoms with Gasteiger partial charge in [0.1, 0.15) is 5.01 Å². The van der Waals surface area contributed by atoms with Gasteiger partial charge in [0.15, 0.2) is 11.6 Å². The van der Waals surface area contributed by atoms with Gasteiger partial charge in [0.05, 0.1) is 12.2 Å². The molecule has 32 heavy (non-hydrogen) atoms. The fourth-order valence-electron chi connectivity index (χ4n) is 3.41. The number of hydrogen-bond donors (Lipinski definition) is 1. The molecule has 12 heteroatoms. The van der Waals surface area contributed by atoms with E-state index in [-0.39, 0.29) is 36.7 Å². The van der Waals surface area contributed by atoms with Crippen LogP contribution in [0.4, 0.5) is 16.2 Å². The van der Waals surface area contributed by atoms with Gasteiger partial charge in [-0.3, -0.25) is 9.69 Å². The number of carbonyl (C=O) groups is 1. The highest BCUT2D eigenvalue weighted by Crippen LogP contribution is 2.32. The predicted octanol–water partition coefficient (Wildman–Crippen LogP) is 5.37. The van der Waals surface area contributed by atoms with Crippen molar-refractivity contribution < 1.29 is 9.18 Å². The lowest BCUT2D eigenvalue weighted by Gasteiger charge is -2.23. The van der Waals surface area contributed by atoms with Crippen LogP contribution in [0.2, 0.25) is 5.02 Å². The van der Waals surface area contributed by atoms with Gasteiger partial charge in [0, 0.05) is 45.6 Å². The van der Waals surface area contributed by atoms with Gasteiger partial charge in [0.25, 0.3) is 0 Å². The zero-order chi connectivity index (χ0) is 22.7. The first-order valence-corrected chi connectivity index (χ1v) is 11.0. The first-order valence-electron chi connectivity index (χ1n) is 9.80. The number of benzene rings is 1. The molecule has 0 radical (unpaired) electrons. The summed E-state index contributed by atoms with van der Waals surface area (Å²) in [7, 11) is 0. The molecule has 1 aromatic carbocycles. The Kier molecular flexibility index (Phi) is 6.50. The number of hydrogen-bond acceptors (Lipinski definition) is 7. The number of halogens is 2. The lowest BCUT2D eigenvalue weighted by molar-refractivity contribution is -0.117. The van der Waals surface area contributed by atoms with E-state index < -0.39 is 11.9 Å². The average molecular weight is 473 g/mol. The smallest absolute Gasteiger partial charge is 0.228 e. The van der Waals surface area contributed by atoms with Crippen LogP contribution in [-0.2, 0) is 4.79 Å². The van der Waals surface area contributed by atoms with Crippen molar-refractivity contribution in [1.82, 2.24) is 15.0 Å². The number of azide groups is 1. The van der Waals surface area contributed by atoms with Gasteiger partial charge in [0.2, 0.25) is 11.9 Å². The minimum Gasteiger partial charge on any atom is -0.347 e. The summed E-state index contributed by atoms with van der Waals surface area (Å²) in [5, 5.41) is 8.16. The third-order valence-corrected chi connectivity index (χ3v) is 6.50. The number of carbonyl (C=O) groups excluding carboxylic acids is 1. The molecule has 2 aromatic heterocycles. The largest absolute Gasteiger partial charge is 0.347 e. The molecule has 1 N–H and O–H groups in total. The molecule has 1 saturated heterocycles. The Labute approximate surface area is 191 Å². The third-order valence-electron chi connectivity index (χ3n) is 5.02. The highest BCUT2D eigenvalue weighted by molar-refractivity contribution is 7.15. The van der Waals surface area contributed by atoms with Crippen LogP contribution in [0, 0.1) is 5.82 Å². The van der Waals surface area contributed by atoms with Crippen molar-refractivity contribution in [1.29, 1.82) is 0 Å². The summed E-state index contributed by atoms with van der Waals surface area (Å²) in [5.41, 5.74) is 9.53. The van der Waals surface area contributed by atoms with Gasteiger partial charge in [-0.1, -0.05) is 28.8 Å². The van der Waals surface area contributed by atoms with Crippen molar-refractivity contribution in [3.05, 3.63) is 62.8 Å². The molecule has 0 aliphatic carbocycles. The number of aromatic nitrogens is 3. The summed E-state index contributed by atoms with van der Waals surface area (Å²) in [6.45, 7) is 1.97. The second-order valence-corrected chi connectivity index (χ2v) is 8.67. The Balaban J connectivity index is 1.53. The number of nitrogens with one attached hydrogen (secondary N) is 1. The number of anilines is 2. The van der Waals surface area contributed by atoms with Gasteiger partial charge in [-0.25, -0.2) is 14.4 Å². The molecule has 0 unspecified atom stereocenters. The van der Waals surface area contributed by atoms with E-state index in [9.17, 15) is 9.18 Å². The van der Waals surface area contributed by atoms with Crippen LogP contribution in [-0.4, -0.2) is 33.4 Å². The fraction of sp³-hybridized carbons (Fsp3) is 0.300. The Hall–Kier alpha value is -3.27. The van der Waals surface area contributed by atoms with Crippen LogP contribution in [0.1, 0.15) is 30.7 Å². The van der Waals surface area contributed by atoms with E-state index >= 15 is 0 Å². The maximum Gasteiger partial charge on any atom is 0.228 e. The van der Waals surface area contributed by atoms with Crippen molar-refractivity contribution in [2.75, 3.05) is 16.8 Å². The van der Waals surface area contributed by atoms with Crippen molar-refractivity contribution in [3.8, 4) is 10.6 Å². The summed E-state index contributed by atoms with van der Waals surface area (Å²) in [6.07, 6.45) is 3.49. The van der Waals surface area contributed by atoms with E-state index in [1.54, 1.807) is 6.20 Å². The van der Waals surface area contributed by atoms with Crippen LogP contribution in [0.25, 0.3) is 21.0 Å². The van der Waals surface area contributed by atoms with E-state index in [2.05, 4.69) is 30.3 Å². The standard InChI is InChI=1S/C20H18ClFN8OS/c1-11(16-10-24-19(32-16)12-2-4-13(21)5-3-12)27-20-25-9-15(22)18(28-20)30-14(8-26-29-23)6-7-17(30)31/h2-5,9-11,14H,6-8H2,1H3,(H,25,27,28)/t11-,14+/m0/s1. The zero-order valence-corrected chi connectivity index (χ0v) is 18.5. The third kappa shape index (κ3) is 4.64. The minimum atomic E-state index is -0.716. The normalized spacial score (nSPS) is 16.7. The topological polar surface area (TPSA) is 120 Å². The van der Waals surface area contributed by atoms with Crippen molar-refractivity contribution in [3.63, 3.8) is 0 Å². The lowest BCUT2D eigenvalue weighted by atomic mass is 10.2. The van der Waals surface area contributed by atoms with Crippen LogP contribution in [0.5, 0.6) is 0 Å². The summed E-state index contributed by atoms with van der Waals surface area (Å²) < 4.78 is 14.5. The Morgan fingerprint density at radius 2 is 2.16 bits per heavy atom. The highest BCUT2D eigenvalue weighted by Gasteiger charge is 2.34. The maximum absolute atomic E-state index is 14.5. The predicted molar refractivity (Wildman–Crippen MR) is 121 cm³/mol. The number of rotatable bonds is 7. The summed E-state index contributed by atoms with van der Waals surface area (Å²) in [5.74, 6) is -0.930. The monoisotopic (exact) mass is 472 g/mol. The Bertz CT molecular complexity index is 1180. The molecule has 0 saturated carbocycles. The Morgan fingerprint density at radius 3 is 2.91 bits per heavy atom. The van der Waals surface area contributed by atoms with Gasteiger partial charge in [-0.2, -0.15) is 4.98 Å². The molecule has 164 valence electrons. The highest BCUT2D eigenvalue weighted by atomic mass is 35.5.